The first-order valence-corrected chi connectivity index (χ1v) is 9.31. The molecule has 0 atom stereocenters. The number of para-hydroxylation sites is 1. The van der Waals surface area contributed by atoms with E-state index in [1.807, 2.05) is 66.7 Å². The largest absolute Gasteiger partial charge is 0.488 e. The van der Waals surface area contributed by atoms with Gasteiger partial charge in [-0.05, 0) is 53.9 Å². The number of halogens is 1. The van der Waals surface area contributed by atoms with Gasteiger partial charge in [-0.3, -0.25) is 4.79 Å². The first kappa shape index (κ1) is 18.2. The lowest BCUT2D eigenvalue weighted by molar-refractivity contribution is 0.102. The molecule has 1 N–H and O–H groups in total. The third-order valence-electron chi connectivity index (χ3n) is 4.01. The summed E-state index contributed by atoms with van der Waals surface area (Å²) in [4.78, 5) is 12.7. The fourth-order valence-electron chi connectivity index (χ4n) is 2.64. The topological polar surface area (TPSA) is 38.3 Å². The number of rotatable bonds is 6. The lowest BCUT2D eigenvalue weighted by atomic mass is 10.1. The number of hydrogen-bond acceptors (Lipinski definition) is 2. The van der Waals surface area contributed by atoms with Crippen molar-refractivity contribution in [2.45, 2.75) is 20.0 Å². The summed E-state index contributed by atoms with van der Waals surface area (Å²) in [7, 11) is 0. The molecule has 1 amide bonds. The zero-order chi connectivity index (χ0) is 18.4. The average Bonchev–Trinajstić information content (AvgIpc) is 2.67. The highest BCUT2D eigenvalue weighted by Gasteiger charge is 2.12. The minimum atomic E-state index is -0.178. The molecule has 3 nitrogen and oxygen atoms in total. The van der Waals surface area contributed by atoms with E-state index in [1.54, 1.807) is 6.07 Å². The van der Waals surface area contributed by atoms with E-state index in [9.17, 15) is 4.79 Å². The third kappa shape index (κ3) is 4.73. The molecule has 0 aromatic heterocycles. The van der Waals surface area contributed by atoms with Gasteiger partial charge in [-0.15, -0.1) is 0 Å². The van der Waals surface area contributed by atoms with Gasteiger partial charge in [0.05, 0.1) is 5.56 Å². The Balaban J connectivity index is 1.74. The summed E-state index contributed by atoms with van der Waals surface area (Å²) in [5.74, 6) is 0.389. The van der Waals surface area contributed by atoms with Gasteiger partial charge in [0.1, 0.15) is 12.4 Å². The fraction of sp³-hybridized carbons (Fsp3) is 0.136. The average molecular weight is 410 g/mol. The number of hydrogen-bond donors (Lipinski definition) is 1. The van der Waals surface area contributed by atoms with E-state index in [0.29, 0.717) is 17.9 Å². The zero-order valence-corrected chi connectivity index (χ0v) is 16.1. The van der Waals surface area contributed by atoms with E-state index in [4.69, 9.17) is 4.74 Å². The summed E-state index contributed by atoms with van der Waals surface area (Å²) >= 11 is 3.46. The fourth-order valence-corrected chi connectivity index (χ4v) is 3.08. The number of nitrogens with one attached hydrogen (secondary N) is 1. The lowest BCUT2D eigenvalue weighted by Gasteiger charge is -2.12. The summed E-state index contributed by atoms with van der Waals surface area (Å²) in [6.45, 7) is 2.49. The molecule has 0 fully saturated rings. The van der Waals surface area contributed by atoms with Crippen LogP contribution in [0.5, 0.6) is 5.75 Å². The van der Waals surface area contributed by atoms with E-state index in [-0.39, 0.29) is 5.91 Å². The van der Waals surface area contributed by atoms with Crippen LogP contribution >= 0.6 is 15.9 Å². The van der Waals surface area contributed by atoms with Crippen LogP contribution in [0, 0.1) is 0 Å². The molecule has 3 aromatic carbocycles. The Hall–Kier alpha value is -2.59. The van der Waals surface area contributed by atoms with Crippen LogP contribution in [0.4, 0.5) is 5.69 Å². The van der Waals surface area contributed by atoms with Crippen LogP contribution in [0.1, 0.15) is 28.4 Å². The third-order valence-corrected chi connectivity index (χ3v) is 4.50. The number of anilines is 1. The Morgan fingerprint density at radius 1 is 0.962 bits per heavy atom. The molecule has 0 aliphatic heterocycles. The van der Waals surface area contributed by atoms with Gasteiger partial charge in [0.15, 0.2) is 0 Å². The second-order valence-corrected chi connectivity index (χ2v) is 6.84. The Kier molecular flexibility index (Phi) is 6.08. The first-order valence-electron chi connectivity index (χ1n) is 8.52. The molecule has 0 heterocycles. The molecule has 0 aliphatic rings. The van der Waals surface area contributed by atoms with Crippen molar-refractivity contribution >= 4 is 27.5 Å². The van der Waals surface area contributed by atoms with Crippen molar-refractivity contribution in [3.05, 3.63) is 94.0 Å². The highest BCUT2D eigenvalue weighted by molar-refractivity contribution is 9.10. The molecular formula is C22H20BrNO2. The summed E-state index contributed by atoms with van der Waals surface area (Å²) in [6, 6.07) is 23.1. The number of amides is 1. The van der Waals surface area contributed by atoms with Gasteiger partial charge in [0.2, 0.25) is 0 Å². The lowest BCUT2D eigenvalue weighted by Crippen LogP contribution is -2.13. The van der Waals surface area contributed by atoms with E-state index >= 15 is 0 Å². The maximum Gasteiger partial charge on any atom is 0.259 e. The second kappa shape index (κ2) is 8.68. The van der Waals surface area contributed by atoms with E-state index < -0.39 is 0 Å². The Labute approximate surface area is 162 Å². The van der Waals surface area contributed by atoms with Crippen LogP contribution in [0.2, 0.25) is 0 Å². The van der Waals surface area contributed by atoms with Crippen LogP contribution in [0.15, 0.2) is 77.3 Å². The Bertz CT molecular complexity index is 908. The molecule has 132 valence electrons. The highest BCUT2D eigenvalue weighted by atomic mass is 79.9. The zero-order valence-electron chi connectivity index (χ0n) is 14.5. The molecule has 0 spiro atoms. The summed E-state index contributed by atoms with van der Waals surface area (Å²) in [6.07, 6.45) is 0.927. The Morgan fingerprint density at radius 2 is 1.73 bits per heavy atom. The summed E-state index contributed by atoms with van der Waals surface area (Å²) in [5, 5.41) is 2.95. The van der Waals surface area contributed by atoms with Crippen molar-refractivity contribution in [2.24, 2.45) is 0 Å². The van der Waals surface area contributed by atoms with Gasteiger partial charge in [-0.25, -0.2) is 0 Å². The quantitative estimate of drug-likeness (QED) is 0.554. The predicted molar refractivity (Wildman–Crippen MR) is 109 cm³/mol. The van der Waals surface area contributed by atoms with Crippen molar-refractivity contribution in [1.82, 2.24) is 0 Å². The van der Waals surface area contributed by atoms with E-state index in [0.717, 1.165) is 22.1 Å². The molecule has 0 unspecified atom stereocenters. The predicted octanol–water partition coefficient (Wildman–Crippen LogP) is 5.84. The molecule has 0 radical (unpaired) electrons. The first-order chi connectivity index (χ1) is 12.7. The van der Waals surface area contributed by atoms with Gasteiger partial charge >= 0.3 is 0 Å². The molecule has 3 rings (SSSR count). The second-order valence-electron chi connectivity index (χ2n) is 5.92. The summed E-state index contributed by atoms with van der Waals surface area (Å²) < 4.78 is 6.90. The molecule has 4 heteroatoms. The standard InChI is InChI=1S/C22H20BrNO2/c1-2-16-7-6-10-19(14-16)24-22(25)20-11-3-4-12-21(20)26-15-17-8-5-9-18(23)13-17/h3-14H,2,15H2,1H3,(H,24,25). The Morgan fingerprint density at radius 3 is 2.54 bits per heavy atom. The van der Waals surface area contributed by atoms with Crippen LogP contribution in [-0.2, 0) is 13.0 Å². The molecule has 3 aromatic rings. The van der Waals surface area contributed by atoms with Crippen LogP contribution in [0.25, 0.3) is 0 Å². The van der Waals surface area contributed by atoms with Crippen LogP contribution in [0.3, 0.4) is 0 Å². The normalized spacial score (nSPS) is 10.4. The number of carbonyl (C=O) groups is 1. The van der Waals surface area contributed by atoms with Crippen LogP contribution < -0.4 is 10.1 Å². The van der Waals surface area contributed by atoms with Crippen molar-refractivity contribution in [3.63, 3.8) is 0 Å². The van der Waals surface area contributed by atoms with Gasteiger partial charge in [-0.1, -0.05) is 59.3 Å². The van der Waals surface area contributed by atoms with Crippen molar-refractivity contribution in [2.75, 3.05) is 5.32 Å². The smallest absolute Gasteiger partial charge is 0.259 e. The molecule has 0 saturated carbocycles. The number of ether oxygens (including phenoxy) is 1. The molecule has 0 saturated heterocycles. The van der Waals surface area contributed by atoms with Crippen molar-refractivity contribution in [3.8, 4) is 5.75 Å². The number of carbonyl (C=O) groups excluding carboxylic acids is 1. The minimum Gasteiger partial charge on any atom is -0.488 e. The monoisotopic (exact) mass is 409 g/mol. The van der Waals surface area contributed by atoms with Crippen LogP contribution in [-0.4, -0.2) is 5.91 Å². The van der Waals surface area contributed by atoms with E-state index in [1.165, 1.54) is 5.56 Å². The van der Waals surface area contributed by atoms with Crippen molar-refractivity contribution in [1.29, 1.82) is 0 Å². The molecule has 26 heavy (non-hydrogen) atoms. The summed E-state index contributed by atoms with van der Waals surface area (Å²) in [5.41, 5.74) is 3.52. The van der Waals surface area contributed by atoms with Gasteiger partial charge in [0.25, 0.3) is 5.91 Å². The van der Waals surface area contributed by atoms with Gasteiger partial charge in [-0.2, -0.15) is 0 Å². The number of benzene rings is 3. The van der Waals surface area contributed by atoms with E-state index in [2.05, 4.69) is 28.2 Å². The van der Waals surface area contributed by atoms with Gasteiger partial charge < -0.3 is 10.1 Å². The highest BCUT2D eigenvalue weighted by Crippen LogP contribution is 2.22. The molecular weight excluding hydrogens is 390 g/mol. The molecule has 0 aliphatic carbocycles. The SMILES string of the molecule is CCc1cccc(NC(=O)c2ccccc2OCc2cccc(Br)c2)c1. The molecule has 0 bridgehead atoms. The van der Waals surface area contributed by atoms with Crippen molar-refractivity contribution < 1.29 is 9.53 Å². The maximum absolute atomic E-state index is 12.7. The number of aryl methyl sites for hydroxylation is 1. The minimum absolute atomic E-state index is 0.178. The van der Waals surface area contributed by atoms with Gasteiger partial charge in [0, 0.05) is 10.2 Å². The maximum atomic E-state index is 12.7.